The molecule has 76 valence electrons. The van der Waals surface area contributed by atoms with Crippen LogP contribution in [0.25, 0.3) is 0 Å². The number of pyridine rings is 1. The van der Waals surface area contributed by atoms with Crippen molar-refractivity contribution in [1.82, 2.24) is 10.4 Å². The quantitative estimate of drug-likeness (QED) is 0.546. The summed E-state index contributed by atoms with van der Waals surface area (Å²) in [4.78, 5) is 14.1. The molecule has 0 aliphatic carbocycles. The highest BCUT2D eigenvalue weighted by Gasteiger charge is 1.86. The molecule has 0 aliphatic rings. The Labute approximate surface area is 83.0 Å². The number of primary amides is 1. The standard InChI is InChI=1S/C7H8N4O.C2H6/c8-7(12)11-10-5-6-3-1-2-4-9-6;1-2/h1-5H,(H3,8,11,12);1-2H3/b10-5+;. The molecule has 0 fully saturated rings. The molecule has 5 heteroatoms. The zero-order valence-electron chi connectivity index (χ0n) is 8.27. The van der Waals surface area contributed by atoms with Crippen molar-refractivity contribution in [3.05, 3.63) is 30.1 Å². The molecule has 3 N–H and O–H groups in total. The first-order valence-electron chi connectivity index (χ1n) is 4.28. The zero-order valence-corrected chi connectivity index (χ0v) is 8.27. The first-order valence-corrected chi connectivity index (χ1v) is 4.28. The summed E-state index contributed by atoms with van der Waals surface area (Å²) in [6.07, 6.45) is 3.04. The largest absolute Gasteiger partial charge is 0.350 e. The third-order valence-corrected chi connectivity index (χ3v) is 1.06. The Balaban J connectivity index is 0.000000791. The Morgan fingerprint density at radius 1 is 1.57 bits per heavy atom. The Bertz CT molecular complexity index is 284. The Kier molecular flexibility index (Phi) is 6.67. The lowest BCUT2D eigenvalue weighted by Gasteiger charge is -1.90. The van der Waals surface area contributed by atoms with Gasteiger partial charge in [-0.1, -0.05) is 19.9 Å². The van der Waals surface area contributed by atoms with E-state index in [0.29, 0.717) is 5.69 Å². The predicted molar refractivity (Wildman–Crippen MR) is 55.9 cm³/mol. The van der Waals surface area contributed by atoms with Gasteiger partial charge in [-0.05, 0) is 12.1 Å². The number of hydrogen-bond acceptors (Lipinski definition) is 3. The molecule has 0 atom stereocenters. The van der Waals surface area contributed by atoms with Crippen LogP contribution in [0.5, 0.6) is 0 Å². The minimum atomic E-state index is -0.692. The van der Waals surface area contributed by atoms with Crippen LogP contribution in [0.4, 0.5) is 4.79 Å². The molecule has 0 aliphatic heterocycles. The van der Waals surface area contributed by atoms with Gasteiger partial charge in [0.1, 0.15) is 0 Å². The molecule has 0 saturated carbocycles. The van der Waals surface area contributed by atoms with Gasteiger partial charge in [0, 0.05) is 6.20 Å². The third kappa shape index (κ3) is 5.70. The second-order valence-electron chi connectivity index (χ2n) is 1.99. The molecule has 1 aromatic rings. The van der Waals surface area contributed by atoms with Crippen LogP contribution in [0.3, 0.4) is 0 Å². The lowest BCUT2D eigenvalue weighted by molar-refractivity contribution is 0.249. The number of hydrogen-bond donors (Lipinski definition) is 2. The van der Waals surface area contributed by atoms with E-state index in [2.05, 4.69) is 15.5 Å². The Hall–Kier alpha value is -1.91. The van der Waals surface area contributed by atoms with Crippen molar-refractivity contribution in [3.63, 3.8) is 0 Å². The fraction of sp³-hybridized carbons (Fsp3) is 0.222. The highest BCUT2D eigenvalue weighted by Crippen LogP contribution is 1.86. The van der Waals surface area contributed by atoms with Crippen LogP contribution in [-0.4, -0.2) is 17.2 Å². The summed E-state index contributed by atoms with van der Waals surface area (Å²) in [5.41, 5.74) is 7.49. The van der Waals surface area contributed by atoms with Gasteiger partial charge in [0.05, 0.1) is 11.9 Å². The molecule has 0 spiro atoms. The number of rotatable bonds is 2. The normalized spacial score (nSPS) is 9.00. The van der Waals surface area contributed by atoms with E-state index in [1.54, 1.807) is 18.3 Å². The fourth-order valence-corrected chi connectivity index (χ4v) is 0.614. The number of hydrazone groups is 1. The van der Waals surface area contributed by atoms with Crippen LogP contribution in [0.2, 0.25) is 0 Å². The smallest absolute Gasteiger partial charge is 0.332 e. The van der Waals surface area contributed by atoms with Crippen molar-refractivity contribution in [2.75, 3.05) is 0 Å². The SMILES string of the molecule is CC.NC(=O)N/N=C/c1ccccn1. The molecule has 0 bridgehead atoms. The zero-order chi connectivity index (χ0) is 10.8. The molecular formula is C9H14N4O. The minimum Gasteiger partial charge on any atom is -0.350 e. The number of aromatic nitrogens is 1. The molecule has 0 saturated heterocycles. The first kappa shape index (κ1) is 12.1. The lowest BCUT2D eigenvalue weighted by Crippen LogP contribution is -2.24. The van der Waals surface area contributed by atoms with Crippen LogP contribution in [0, 0.1) is 0 Å². The minimum absolute atomic E-state index is 0.659. The van der Waals surface area contributed by atoms with Crippen LogP contribution < -0.4 is 11.2 Å². The van der Waals surface area contributed by atoms with Gasteiger partial charge in [-0.3, -0.25) is 4.98 Å². The molecule has 1 heterocycles. The summed E-state index contributed by atoms with van der Waals surface area (Å²) in [6, 6.07) is 4.67. The van der Waals surface area contributed by atoms with E-state index in [-0.39, 0.29) is 0 Å². The highest BCUT2D eigenvalue weighted by atomic mass is 16.2. The Morgan fingerprint density at radius 3 is 2.79 bits per heavy atom. The van der Waals surface area contributed by atoms with Crippen LogP contribution in [0.15, 0.2) is 29.5 Å². The van der Waals surface area contributed by atoms with Crippen molar-refractivity contribution < 1.29 is 4.79 Å². The number of nitrogens with two attached hydrogens (primary N) is 1. The number of carbonyl (C=O) groups is 1. The monoisotopic (exact) mass is 194 g/mol. The van der Waals surface area contributed by atoms with E-state index in [1.807, 2.05) is 19.9 Å². The number of nitrogens with zero attached hydrogens (tertiary/aromatic N) is 2. The van der Waals surface area contributed by atoms with E-state index in [1.165, 1.54) is 6.21 Å². The number of urea groups is 1. The maximum Gasteiger partial charge on any atom is 0.332 e. The summed E-state index contributed by atoms with van der Waals surface area (Å²) < 4.78 is 0. The van der Waals surface area contributed by atoms with Crippen molar-refractivity contribution in [2.24, 2.45) is 10.8 Å². The van der Waals surface area contributed by atoms with Gasteiger partial charge in [-0.25, -0.2) is 10.2 Å². The van der Waals surface area contributed by atoms with Crippen molar-refractivity contribution in [3.8, 4) is 0 Å². The molecule has 5 nitrogen and oxygen atoms in total. The van der Waals surface area contributed by atoms with Crippen LogP contribution in [-0.2, 0) is 0 Å². The van der Waals surface area contributed by atoms with Gasteiger partial charge in [0.2, 0.25) is 0 Å². The lowest BCUT2D eigenvalue weighted by atomic mass is 10.4. The molecular weight excluding hydrogens is 180 g/mol. The molecule has 0 aromatic carbocycles. The molecule has 14 heavy (non-hydrogen) atoms. The summed E-state index contributed by atoms with van der Waals surface area (Å²) >= 11 is 0. The van der Waals surface area contributed by atoms with Crippen molar-refractivity contribution in [2.45, 2.75) is 13.8 Å². The summed E-state index contributed by atoms with van der Waals surface area (Å²) in [7, 11) is 0. The molecule has 0 radical (unpaired) electrons. The van der Waals surface area contributed by atoms with E-state index >= 15 is 0 Å². The summed E-state index contributed by atoms with van der Waals surface area (Å²) in [6.45, 7) is 4.00. The second-order valence-corrected chi connectivity index (χ2v) is 1.99. The van der Waals surface area contributed by atoms with E-state index in [9.17, 15) is 4.79 Å². The molecule has 0 unspecified atom stereocenters. The van der Waals surface area contributed by atoms with Gasteiger partial charge >= 0.3 is 6.03 Å². The fourth-order valence-electron chi connectivity index (χ4n) is 0.614. The summed E-state index contributed by atoms with van der Waals surface area (Å²) in [5, 5.41) is 3.53. The average Bonchev–Trinajstić information content (AvgIpc) is 2.22. The van der Waals surface area contributed by atoms with Crippen molar-refractivity contribution >= 4 is 12.2 Å². The first-order chi connectivity index (χ1) is 6.79. The van der Waals surface area contributed by atoms with Gasteiger partial charge in [-0.2, -0.15) is 5.10 Å². The third-order valence-electron chi connectivity index (χ3n) is 1.06. The highest BCUT2D eigenvalue weighted by molar-refractivity contribution is 5.79. The second kappa shape index (κ2) is 7.72. The Morgan fingerprint density at radius 2 is 2.29 bits per heavy atom. The van der Waals surface area contributed by atoms with Gasteiger partial charge in [-0.15, -0.1) is 0 Å². The molecule has 1 aromatic heterocycles. The van der Waals surface area contributed by atoms with Crippen LogP contribution in [0.1, 0.15) is 19.5 Å². The number of nitrogens with one attached hydrogen (secondary N) is 1. The van der Waals surface area contributed by atoms with Crippen molar-refractivity contribution in [1.29, 1.82) is 0 Å². The number of carbonyl (C=O) groups excluding carboxylic acids is 1. The maximum absolute atomic E-state index is 10.2. The number of amides is 2. The van der Waals surface area contributed by atoms with E-state index < -0.39 is 6.03 Å². The summed E-state index contributed by atoms with van der Waals surface area (Å²) in [5.74, 6) is 0. The maximum atomic E-state index is 10.2. The topological polar surface area (TPSA) is 80.4 Å². The molecule has 2 amide bonds. The van der Waals surface area contributed by atoms with Gasteiger partial charge < -0.3 is 5.73 Å². The van der Waals surface area contributed by atoms with E-state index in [0.717, 1.165) is 0 Å². The van der Waals surface area contributed by atoms with E-state index in [4.69, 9.17) is 5.73 Å². The molecule has 1 rings (SSSR count). The average molecular weight is 194 g/mol. The predicted octanol–water partition coefficient (Wildman–Crippen LogP) is 1.11. The van der Waals surface area contributed by atoms with Crippen LogP contribution >= 0.6 is 0 Å². The van der Waals surface area contributed by atoms with Gasteiger partial charge in [0.25, 0.3) is 0 Å². The van der Waals surface area contributed by atoms with Gasteiger partial charge in [0.15, 0.2) is 0 Å².